The number of piperidine rings is 1. The molecule has 0 unspecified atom stereocenters. The molecule has 0 radical (unpaired) electrons. The van der Waals surface area contributed by atoms with E-state index in [2.05, 4.69) is 13.8 Å². The summed E-state index contributed by atoms with van der Waals surface area (Å²) in [6.45, 7) is 5.23. The van der Waals surface area contributed by atoms with Crippen LogP contribution in [-0.2, 0) is 19.1 Å². The number of hydrogen-bond acceptors (Lipinski definition) is 6. The Balaban J connectivity index is 1.83. The predicted octanol–water partition coefficient (Wildman–Crippen LogP) is 2.01. The largest absolute Gasteiger partial charge is 0.493 e. The molecule has 1 aliphatic heterocycles. The number of nitrogens with zero attached hydrogens (tertiary/aromatic N) is 1. The Morgan fingerprint density at radius 1 is 1.20 bits per heavy atom. The van der Waals surface area contributed by atoms with Gasteiger partial charge in [0, 0.05) is 25.1 Å². The molecule has 8 nitrogen and oxygen atoms in total. The monoisotopic (exact) mass is 418 g/mol. The number of methoxy groups -OCH3 is 1. The van der Waals surface area contributed by atoms with Crippen molar-refractivity contribution in [1.29, 1.82) is 0 Å². The molecule has 0 spiro atoms. The maximum Gasteiger partial charge on any atom is 0.331 e. The Kier molecular flexibility index (Phi) is 8.70. The number of benzene rings is 1. The first-order valence-electron chi connectivity index (χ1n) is 10.0. The quantitative estimate of drug-likeness (QED) is 0.485. The lowest BCUT2D eigenvalue weighted by atomic mass is 9.96. The Morgan fingerprint density at radius 2 is 1.90 bits per heavy atom. The van der Waals surface area contributed by atoms with Gasteiger partial charge in [0.15, 0.2) is 18.1 Å². The number of ether oxygens (including phenoxy) is 3. The lowest BCUT2D eigenvalue weighted by molar-refractivity contribution is -0.149. The number of amides is 2. The summed E-state index contributed by atoms with van der Waals surface area (Å²) in [5.74, 6) is 0.162. The molecule has 2 amide bonds. The average Bonchev–Trinajstić information content (AvgIpc) is 2.74. The molecule has 1 saturated heterocycles. The van der Waals surface area contributed by atoms with Crippen molar-refractivity contribution in [3.05, 3.63) is 29.8 Å². The Bertz CT molecular complexity index is 782. The SMILES string of the molecule is COc1cc(/C=C/C(=O)OCC(=O)N2CCC(C(N)=O)CC2)ccc1OCC(C)C. The molecule has 0 bridgehead atoms. The highest BCUT2D eigenvalue weighted by atomic mass is 16.5. The summed E-state index contributed by atoms with van der Waals surface area (Å²) >= 11 is 0. The van der Waals surface area contributed by atoms with Crippen LogP contribution in [0.3, 0.4) is 0 Å². The number of carbonyl (C=O) groups excluding carboxylic acids is 3. The first-order valence-corrected chi connectivity index (χ1v) is 10.0. The lowest BCUT2D eigenvalue weighted by Gasteiger charge is -2.30. The highest BCUT2D eigenvalue weighted by Crippen LogP contribution is 2.29. The van der Waals surface area contributed by atoms with Crippen LogP contribution in [0, 0.1) is 11.8 Å². The van der Waals surface area contributed by atoms with E-state index in [0.29, 0.717) is 50.0 Å². The molecule has 164 valence electrons. The van der Waals surface area contributed by atoms with Gasteiger partial charge in [-0.25, -0.2) is 4.79 Å². The summed E-state index contributed by atoms with van der Waals surface area (Å²) in [4.78, 5) is 36.9. The summed E-state index contributed by atoms with van der Waals surface area (Å²) in [6, 6.07) is 5.34. The number of likely N-dealkylation sites (tertiary alicyclic amines) is 1. The Labute approximate surface area is 176 Å². The van der Waals surface area contributed by atoms with Crippen molar-refractivity contribution in [3.8, 4) is 11.5 Å². The van der Waals surface area contributed by atoms with Gasteiger partial charge in [0.2, 0.25) is 5.91 Å². The fourth-order valence-corrected chi connectivity index (χ4v) is 3.01. The zero-order valence-corrected chi connectivity index (χ0v) is 17.8. The standard InChI is InChI=1S/C22H30N2O6/c1-15(2)13-29-18-6-4-16(12-19(18)28-3)5-7-21(26)30-14-20(25)24-10-8-17(9-11-24)22(23)27/h4-7,12,15,17H,8-11,13-14H2,1-3H3,(H2,23,27)/b7-5+. The number of hydrogen-bond donors (Lipinski definition) is 1. The molecular formula is C22H30N2O6. The molecule has 1 fully saturated rings. The van der Waals surface area contributed by atoms with Crippen molar-refractivity contribution >= 4 is 23.9 Å². The van der Waals surface area contributed by atoms with Crippen LogP contribution in [0.25, 0.3) is 6.08 Å². The summed E-state index contributed by atoms with van der Waals surface area (Å²) in [7, 11) is 1.55. The highest BCUT2D eigenvalue weighted by Gasteiger charge is 2.26. The second-order valence-corrected chi connectivity index (χ2v) is 7.61. The van der Waals surface area contributed by atoms with Crippen LogP contribution in [0.4, 0.5) is 0 Å². The Morgan fingerprint density at radius 3 is 2.50 bits per heavy atom. The van der Waals surface area contributed by atoms with E-state index in [1.807, 2.05) is 0 Å². The number of esters is 1. The van der Waals surface area contributed by atoms with Gasteiger partial charge in [0.25, 0.3) is 5.91 Å². The maximum absolute atomic E-state index is 12.2. The topological polar surface area (TPSA) is 108 Å². The Hall–Kier alpha value is -3.03. The average molecular weight is 418 g/mol. The minimum atomic E-state index is -0.616. The van der Waals surface area contributed by atoms with Crippen LogP contribution < -0.4 is 15.2 Å². The fraction of sp³-hybridized carbons (Fsp3) is 0.500. The molecule has 0 atom stereocenters. The zero-order valence-electron chi connectivity index (χ0n) is 17.8. The number of nitrogens with two attached hydrogens (primary N) is 1. The highest BCUT2D eigenvalue weighted by molar-refractivity contribution is 5.89. The van der Waals surface area contributed by atoms with Crippen LogP contribution >= 0.6 is 0 Å². The third kappa shape index (κ3) is 7.09. The summed E-state index contributed by atoms with van der Waals surface area (Å²) in [5.41, 5.74) is 6.02. The van der Waals surface area contributed by atoms with E-state index in [4.69, 9.17) is 19.9 Å². The number of primary amides is 1. The van der Waals surface area contributed by atoms with E-state index in [1.54, 1.807) is 36.3 Å². The summed E-state index contributed by atoms with van der Waals surface area (Å²) < 4.78 is 16.1. The van der Waals surface area contributed by atoms with E-state index in [9.17, 15) is 14.4 Å². The van der Waals surface area contributed by atoms with Crippen LogP contribution in [0.15, 0.2) is 24.3 Å². The third-order valence-electron chi connectivity index (χ3n) is 4.76. The maximum atomic E-state index is 12.2. The lowest BCUT2D eigenvalue weighted by Crippen LogP contribution is -2.43. The second kappa shape index (κ2) is 11.2. The predicted molar refractivity (Wildman–Crippen MR) is 112 cm³/mol. The normalized spacial score (nSPS) is 14.7. The van der Waals surface area contributed by atoms with E-state index in [-0.39, 0.29) is 24.3 Å². The minimum absolute atomic E-state index is 0.196. The first-order chi connectivity index (χ1) is 14.3. The first kappa shape index (κ1) is 23.3. The molecule has 0 aromatic heterocycles. The van der Waals surface area contributed by atoms with Gasteiger partial charge in [0.1, 0.15) is 0 Å². The molecule has 8 heteroatoms. The molecular weight excluding hydrogens is 388 g/mol. The number of rotatable bonds is 9. The molecule has 1 aromatic carbocycles. The van der Waals surface area contributed by atoms with Crippen LogP contribution in [0.2, 0.25) is 0 Å². The van der Waals surface area contributed by atoms with Crippen molar-refractivity contribution in [2.75, 3.05) is 33.4 Å². The molecule has 1 heterocycles. The van der Waals surface area contributed by atoms with Gasteiger partial charge in [0.05, 0.1) is 13.7 Å². The third-order valence-corrected chi connectivity index (χ3v) is 4.76. The molecule has 0 aliphatic carbocycles. The minimum Gasteiger partial charge on any atom is -0.493 e. The summed E-state index contributed by atoms with van der Waals surface area (Å²) in [5, 5.41) is 0. The van der Waals surface area contributed by atoms with Crippen LogP contribution in [0.1, 0.15) is 32.3 Å². The van der Waals surface area contributed by atoms with Gasteiger partial charge in [-0.1, -0.05) is 19.9 Å². The van der Waals surface area contributed by atoms with Crippen molar-refractivity contribution in [2.45, 2.75) is 26.7 Å². The van der Waals surface area contributed by atoms with Crippen molar-refractivity contribution in [1.82, 2.24) is 4.90 Å². The molecule has 2 rings (SSSR count). The van der Waals surface area contributed by atoms with E-state index in [0.717, 1.165) is 5.56 Å². The molecule has 1 aromatic rings. The molecule has 2 N–H and O–H groups in total. The van der Waals surface area contributed by atoms with E-state index < -0.39 is 5.97 Å². The van der Waals surface area contributed by atoms with E-state index in [1.165, 1.54) is 6.08 Å². The van der Waals surface area contributed by atoms with Gasteiger partial charge in [-0.05, 0) is 42.5 Å². The van der Waals surface area contributed by atoms with Gasteiger partial charge in [-0.2, -0.15) is 0 Å². The van der Waals surface area contributed by atoms with Gasteiger partial charge in [-0.3, -0.25) is 9.59 Å². The molecule has 1 aliphatic rings. The van der Waals surface area contributed by atoms with Gasteiger partial charge in [-0.15, -0.1) is 0 Å². The number of carbonyl (C=O) groups is 3. The van der Waals surface area contributed by atoms with Crippen molar-refractivity contribution in [2.24, 2.45) is 17.6 Å². The fourth-order valence-electron chi connectivity index (χ4n) is 3.01. The zero-order chi connectivity index (χ0) is 22.1. The molecule has 30 heavy (non-hydrogen) atoms. The van der Waals surface area contributed by atoms with Crippen LogP contribution in [-0.4, -0.2) is 56.1 Å². The van der Waals surface area contributed by atoms with E-state index >= 15 is 0 Å². The van der Waals surface area contributed by atoms with Crippen molar-refractivity contribution in [3.63, 3.8) is 0 Å². The smallest absolute Gasteiger partial charge is 0.331 e. The van der Waals surface area contributed by atoms with Crippen LogP contribution in [0.5, 0.6) is 11.5 Å². The molecule has 0 saturated carbocycles. The van der Waals surface area contributed by atoms with Crippen molar-refractivity contribution < 1.29 is 28.6 Å². The van der Waals surface area contributed by atoms with Gasteiger partial charge < -0.3 is 24.8 Å². The second-order valence-electron chi connectivity index (χ2n) is 7.61. The van der Waals surface area contributed by atoms with Gasteiger partial charge >= 0.3 is 5.97 Å². The summed E-state index contributed by atoms with van der Waals surface area (Å²) in [6.07, 6.45) is 3.91.